The SMILES string of the molecule is CCC(C)(C)c1noc(C(C)(C)CC)p1. The smallest absolute Gasteiger partial charge is 0.168 e. The summed E-state index contributed by atoms with van der Waals surface area (Å²) >= 11 is 0. The number of hydrogen-bond donors (Lipinski definition) is 0. The first-order chi connectivity index (χ1) is 6.83. The third-order valence-corrected chi connectivity index (χ3v) is 5.17. The first kappa shape index (κ1) is 12.7. The molecule has 0 fully saturated rings. The summed E-state index contributed by atoms with van der Waals surface area (Å²) in [4.78, 5) is 0. The van der Waals surface area contributed by atoms with Gasteiger partial charge in [0.2, 0.25) is 0 Å². The second-order valence-corrected chi connectivity index (χ2v) is 6.45. The standard InChI is InChI=1S/C12H22NOP/c1-7-11(3,4)9-13-14-10(15-9)12(5,6)8-2/h7-8H2,1-6H3. The lowest BCUT2D eigenvalue weighted by molar-refractivity contribution is 0.304. The van der Waals surface area contributed by atoms with Gasteiger partial charge in [-0.3, -0.25) is 0 Å². The van der Waals surface area contributed by atoms with E-state index < -0.39 is 0 Å². The Balaban J connectivity index is 3.00. The fraction of sp³-hybridized carbons (Fsp3) is 0.833. The Morgan fingerprint density at radius 2 is 1.60 bits per heavy atom. The van der Waals surface area contributed by atoms with E-state index in [1.807, 2.05) is 0 Å². The van der Waals surface area contributed by atoms with Crippen molar-refractivity contribution in [3.63, 3.8) is 0 Å². The van der Waals surface area contributed by atoms with Crippen LogP contribution < -0.4 is 0 Å². The van der Waals surface area contributed by atoms with E-state index in [0.29, 0.717) is 0 Å². The monoisotopic (exact) mass is 227 g/mol. The first-order valence-corrected chi connectivity index (χ1v) is 6.57. The van der Waals surface area contributed by atoms with Crippen LogP contribution in [0.4, 0.5) is 0 Å². The van der Waals surface area contributed by atoms with Crippen molar-refractivity contribution in [2.75, 3.05) is 0 Å². The highest BCUT2D eigenvalue weighted by molar-refractivity contribution is 7.31. The second kappa shape index (κ2) is 4.25. The third kappa shape index (κ3) is 2.60. The van der Waals surface area contributed by atoms with Gasteiger partial charge in [0.15, 0.2) is 5.49 Å². The van der Waals surface area contributed by atoms with Gasteiger partial charge in [0.1, 0.15) is 5.43 Å². The maximum absolute atomic E-state index is 5.50. The van der Waals surface area contributed by atoms with Crippen LogP contribution in [0.15, 0.2) is 4.52 Å². The molecule has 1 aromatic rings. The van der Waals surface area contributed by atoms with Gasteiger partial charge >= 0.3 is 0 Å². The molecular weight excluding hydrogens is 205 g/mol. The minimum absolute atomic E-state index is 0.136. The van der Waals surface area contributed by atoms with Crippen molar-refractivity contribution in [1.29, 1.82) is 0 Å². The van der Waals surface area contributed by atoms with Gasteiger partial charge in [-0.1, -0.05) is 46.7 Å². The van der Waals surface area contributed by atoms with Gasteiger partial charge in [0.05, 0.1) is 0 Å². The van der Waals surface area contributed by atoms with Crippen molar-refractivity contribution in [3.8, 4) is 0 Å². The van der Waals surface area contributed by atoms with E-state index in [9.17, 15) is 0 Å². The molecule has 0 bridgehead atoms. The molecule has 0 amide bonds. The number of rotatable bonds is 4. The Hall–Kier alpha value is -0.360. The van der Waals surface area contributed by atoms with Gasteiger partial charge in [-0.15, -0.1) is 0 Å². The summed E-state index contributed by atoms with van der Waals surface area (Å²) in [6.45, 7) is 13.3. The molecule has 0 aliphatic heterocycles. The van der Waals surface area contributed by atoms with E-state index in [1.165, 1.54) is 13.6 Å². The number of nitrogens with zero attached hydrogens (tertiary/aromatic N) is 1. The van der Waals surface area contributed by atoms with E-state index in [2.05, 4.69) is 46.7 Å². The largest absolute Gasteiger partial charge is 0.355 e. The lowest BCUT2D eigenvalue weighted by atomic mass is 9.91. The molecule has 1 aromatic heterocycles. The van der Waals surface area contributed by atoms with Gasteiger partial charge < -0.3 is 4.52 Å². The molecule has 3 heteroatoms. The van der Waals surface area contributed by atoms with Gasteiger partial charge in [-0.05, 0) is 21.0 Å². The van der Waals surface area contributed by atoms with Crippen molar-refractivity contribution in [2.45, 2.75) is 65.2 Å². The summed E-state index contributed by atoms with van der Waals surface area (Å²) in [5.41, 5.74) is 2.56. The van der Waals surface area contributed by atoms with Crippen LogP contribution in [0, 0.1) is 0 Å². The Labute approximate surface area is 94.5 Å². The average Bonchev–Trinajstić information content (AvgIpc) is 2.67. The molecule has 1 rings (SSSR count). The maximum atomic E-state index is 5.50. The molecule has 0 aromatic carbocycles. The molecule has 0 saturated carbocycles. The summed E-state index contributed by atoms with van der Waals surface area (Å²) in [7, 11) is 1.18. The Bertz CT molecular complexity index is 298. The lowest BCUT2D eigenvalue weighted by Gasteiger charge is -2.19. The highest BCUT2D eigenvalue weighted by atomic mass is 31.0. The van der Waals surface area contributed by atoms with Crippen LogP contribution in [0.25, 0.3) is 0 Å². The zero-order valence-electron chi connectivity index (χ0n) is 10.7. The Morgan fingerprint density at radius 3 is 2.07 bits per heavy atom. The normalized spacial score (nSPS) is 13.7. The van der Waals surface area contributed by atoms with Crippen molar-refractivity contribution in [2.24, 2.45) is 0 Å². The summed E-state index contributed by atoms with van der Waals surface area (Å²) in [5.74, 6) is 0. The Morgan fingerprint density at radius 1 is 1.07 bits per heavy atom. The Kier molecular flexibility index (Phi) is 3.60. The predicted molar refractivity (Wildman–Crippen MR) is 65.7 cm³/mol. The molecule has 0 unspecified atom stereocenters. The minimum atomic E-state index is 0.136. The molecule has 15 heavy (non-hydrogen) atoms. The van der Waals surface area contributed by atoms with Crippen LogP contribution in [0.1, 0.15) is 65.3 Å². The molecule has 0 atom stereocenters. The molecular formula is C12H22NOP. The number of hydrogen-bond acceptors (Lipinski definition) is 2. The summed E-state index contributed by atoms with van der Waals surface area (Å²) in [5, 5.41) is 4.24. The van der Waals surface area contributed by atoms with Gasteiger partial charge in [0, 0.05) is 10.8 Å². The molecule has 0 aliphatic carbocycles. The zero-order valence-corrected chi connectivity index (χ0v) is 11.6. The average molecular weight is 227 g/mol. The van der Waals surface area contributed by atoms with E-state index in [1.54, 1.807) is 0 Å². The summed E-state index contributed by atoms with van der Waals surface area (Å²) in [6.07, 6.45) is 2.19. The van der Waals surface area contributed by atoms with Crippen LogP contribution in [0.5, 0.6) is 0 Å². The third-order valence-electron chi connectivity index (χ3n) is 3.38. The van der Waals surface area contributed by atoms with E-state index in [4.69, 9.17) is 4.52 Å². The molecule has 2 nitrogen and oxygen atoms in total. The highest BCUT2D eigenvalue weighted by Gasteiger charge is 2.29. The van der Waals surface area contributed by atoms with Gasteiger partial charge in [-0.25, -0.2) is 0 Å². The fourth-order valence-electron chi connectivity index (χ4n) is 1.08. The molecule has 1 heterocycles. The highest BCUT2D eigenvalue weighted by Crippen LogP contribution is 2.40. The van der Waals surface area contributed by atoms with Crippen molar-refractivity contribution in [3.05, 3.63) is 10.9 Å². The van der Waals surface area contributed by atoms with Crippen LogP contribution >= 0.6 is 8.19 Å². The quantitative estimate of drug-likeness (QED) is 0.749. The molecule has 0 spiro atoms. The summed E-state index contributed by atoms with van der Waals surface area (Å²) < 4.78 is 5.50. The predicted octanol–water partition coefficient (Wildman–Crippen LogP) is 4.63. The molecule has 0 saturated heterocycles. The molecule has 0 N–H and O–H groups in total. The first-order valence-electron chi connectivity index (χ1n) is 5.68. The van der Waals surface area contributed by atoms with Crippen LogP contribution in [-0.2, 0) is 10.8 Å². The van der Waals surface area contributed by atoms with Crippen molar-refractivity contribution < 1.29 is 4.52 Å². The minimum Gasteiger partial charge on any atom is -0.355 e. The summed E-state index contributed by atoms with van der Waals surface area (Å²) in [6, 6.07) is 0. The molecule has 0 radical (unpaired) electrons. The van der Waals surface area contributed by atoms with Crippen molar-refractivity contribution >= 4 is 8.19 Å². The van der Waals surface area contributed by atoms with Crippen LogP contribution in [0.3, 0.4) is 0 Å². The van der Waals surface area contributed by atoms with Crippen LogP contribution in [0.2, 0.25) is 0 Å². The van der Waals surface area contributed by atoms with Crippen molar-refractivity contribution in [1.82, 2.24) is 5.16 Å². The van der Waals surface area contributed by atoms with Crippen LogP contribution in [-0.4, -0.2) is 5.16 Å². The van der Waals surface area contributed by atoms with E-state index in [0.717, 1.165) is 18.3 Å². The van der Waals surface area contributed by atoms with Gasteiger partial charge in [-0.2, -0.15) is 0 Å². The number of aromatic nitrogens is 1. The maximum Gasteiger partial charge on any atom is 0.168 e. The lowest BCUT2D eigenvalue weighted by Crippen LogP contribution is -2.14. The van der Waals surface area contributed by atoms with Gasteiger partial charge in [0.25, 0.3) is 0 Å². The van der Waals surface area contributed by atoms with E-state index >= 15 is 0 Å². The topological polar surface area (TPSA) is 26.0 Å². The fourth-order valence-corrected chi connectivity index (χ4v) is 2.36. The van der Waals surface area contributed by atoms with E-state index in [-0.39, 0.29) is 10.8 Å². The molecule has 0 aliphatic rings. The molecule has 86 valence electrons. The second-order valence-electron chi connectivity index (χ2n) is 5.40. The zero-order chi connectivity index (χ0) is 11.7.